The molecule has 0 aromatic heterocycles. The highest BCUT2D eigenvalue weighted by Crippen LogP contribution is 2.44. The molecule has 1 aliphatic rings. The molecule has 0 spiro atoms. The van der Waals surface area contributed by atoms with Gasteiger partial charge in [0.25, 0.3) is 0 Å². The molecule has 0 radical (unpaired) electrons. The lowest BCUT2D eigenvalue weighted by molar-refractivity contribution is -0.159. The normalized spacial score (nSPS) is 12.7. The summed E-state index contributed by atoms with van der Waals surface area (Å²) >= 11 is 0. The zero-order chi connectivity index (χ0) is 33.4. The fourth-order valence-corrected chi connectivity index (χ4v) is 5.36. The lowest BCUT2D eigenvalue weighted by Crippen LogP contribution is -2.48. The molecular weight excluding hydrogens is 592 g/mol. The van der Waals surface area contributed by atoms with Crippen molar-refractivity contribution >= 4 is 23.9 Å². The van der Waals surface area contributed by atoms with E-state index in [1.54, 1.807) is 39.0 Å². The largest absolute Gasteiger partial charge is 0.497 e. The van der Waals surface area contributed by atoms with Gasteiger partial charge >= 0.3 is 18.0 Å². The fourth-order valence-electron chi connectivity index (χ4n) is 5.36. The summed E-state index contributed by atoms with van der Waals surface area (Å²) in [5.41, 5.74) is 3.89. The van der Waals surface area contributed by atoms with Gasteiger partial charge < -0.3 is 34.3 Å². The number of rotatable bonds is 13. The van der Waals surface area contributed by atoms with Crippen molar-refractivity contribution in [2.45, 2.75) is 57.7 Å². The molecule has 0 saturated heterocycles. The Labute approximate surface area is 268 Å². The van der Waals surface area contributed by atoms with Gasteiger partial charge in [0.15, 0.2) is 0 Å². The van der Waals surface area contributed by atoms with Crippen LogP contribution in [0.4, 0.5) is 4.79 Å². The van der Waals surface area contributed by atoms with E-state index < -0.39 is 42.0 Å². The summed E-state index contributed by atoms with van der Waals surface area (Å²) in [4.78, 5) is 52.8. The van der Waals surface area contributed by atoms with Gasteiger partial charge in [-0.3, -0.25) is 9.59 Å². The zero-order valence-corrected chi connectivity index (χ0v) is 26.7. The average molecular weight is 633 g/mol. The summed E-state index contributed by atoms with van der Waals surface area (Å²) in [6, 6.07) is 19.5. The van der Waals surface area contributed by atoms with Gasteiger partial charge in [-0.15, -0.1) is 0 Å². The first-order chi connectivity index (χ1) is 21.9. The maximum absolute atomic E-state index is 13.7. The number of nitrogens with one attached hydrogen (secondary N) is 1. The number of nitrogens with zero attached hydrogens (tertiary/aromatic N) is 1. The fraction of sp³-hybridized carbons (Fsp3) is 0.371. The zero-order valence-electron chi connectivity index (χ0n) is 26.7. The summed E-state index contributed by atoms with van der Waals surface area (Å²) < 4.78 is 21.8. The SMILES string of the molecule is COc1ccc(CN(CCC(=O)O)C(=O)C[C@@H](NC(=O)OCC2c3ccccc3-c3ccccc32)C(=O)OC(C)(C)C)c(OC)c1. The minimum atomic E-state index is -1.40. The molecule has 1 atom stereocenters. The van der Waals surface area contributed by atoms with E-state index >= 15 is 0 Å². The van der Waals surface area contributed by atoms with Crippen molar-refractivity contribution in [3.63, 3.8) is 0 Å². The number of carbonyl (C=O) groups is 4. The van der Waals surface area contributed by atoms with Crippen molar-refractivity contribution in [1.82, 2.24) is 10.2 Å². The van der Waals surface area contributed by atoms with E-state index in [9.17, 15) is 24.3 Å². The number of aliphatic carboxylic acids is 1. The molecule has 0 unspecified atom stereocenters. The molecule has 0 aliphatic heterocycles. The number of amides is 2. The van der Waals surface area contributed by atoms with Crippen LogP contribution in [0.15, 0.2) is 66.7 Å². The first-order valence-corrected chi connectivity index (χ1v) is 14.9. The van der Waals surface area contributed by atoms with E-state index in [-0.39, 0.29) is 32.0 Å². The highest BCUT2D eigenvalue weighted by Gasteiger charge is 2.33. The molecule has 0 saturated carbocycles. The highest BCUT2D eigenvalue weighted by atomic mass is 16.6. The Morgan fingerprint density at radius 3 is 2.11 bits per heavy atom. The third-order valence-corrected chi connectivity index (χ3v) is 7.51. The molecular formula is C35H40N2O9. The number of alkyl carbamates (subject to hydrolysis) is 1. The maximum atomic E-state index is 13.7. The monoisotopic (exact) mass is 632 g/mol. The summed E-state index contributed by atoms with van der Waals surface area (Å²) in [6.07, 6.45) is -1.71. The number of carboxylic acid groups (broad SMARTS) is 1. The molecule has 3 aromatic carbocycles. The summed E-state index contributed by atoms with van der Waals surface area (Å²) in [6.45, 7) is 4.88. The Balaban J connectivity index is 1.51. The van der Waals surface area contributed by atoms with Gasteiger partial charge in [0.2, 0.25) is 5.91 Å². The van der Waals surface area contributed by atoms with Crippen LogP contribution in [0.1, 0.15) is 56.2 Å². The molecule has 0 bridgehead atoms. The summed E-state index contributed by atoms with van der Waals surface area (Å²) in [7, 11) is 2.98. The third-order valence-electron chi connectivity index (χ3n) is 7.51. The number of fused-ring (bicyclic) bond motifs is 3. The van der Waals surface area contributed by atoms with E-state index in [0.717, 1.165) is 22.3 Å². The van der Waals surface area contributed by atoms with Crippen molar-refractivity contribution < 1.29 is 43.2 Å². The van der Waals surface area contributed by atoms with Crippen LogP contribution in [0.25, 0.3) is 11.1 Å². The van der Waals surface area contributed by atoms with Gasteiger partial charge in [0.1, 0.15) is 29.7 Å². The van der Waals surface area contributed by atoms with E-state index in [0.29, 0.717) is 17.1 Å². The second-order valence-corrected chi connectivity index (χ2v) is 11.9. The molecule has 2 N–H and O–H groups in total. The van der Waals surface area contributed by atoms with Gasteiger partial charge in [-0.2, -0.15) is 0 Å². The van der Waals surface area contributed by atoms with Crippen LogP contribution in [0, 0.1) is 0 Å². The topological polar surface area (TPSA) is 141 Å². The van der Waals surface area contributed by atoms with Gasteiger partial charge in [0.05, 0.1) is 27.1 Å². The Morgan fingerprint density at radius 2 is 1.54 bits per heavy atom. The number of hydrogen-bond acceptors (Lipinski definition) is 8. The van der Waals surface area contributed by atoms with Crippen LogP contribution < -0.4 is 14.8 Å². The molecule has 244 valence electrons. The number of ether oxygens (including phenoxy) is 4. The van der Waals surface area contributed by atoms with Gasteiger partial charge in [-0.1, -0.05) is 48.5 Å². The molecule has 1 aliphatic carbocycles. The second kappa shape index (κ2) is 14.8. The van der Waals surface area contributed by atoms with Gasteiger partial charge in [-0.25, -0.2) is 9.59 Å². The van der Waals surface area contributed by atoms with Gasteiger partial charge in [0, 0.05) is 30.6 Å². The predicted molar refractivity (Wildman–Crippen MR) is 170 cm³/mol. The first-order valence-electron chi connectivity index (χ1n) is 14.9. The molecule has 0 heterocycles. The van der Waals surface area contributed by atoms with Crippen LogP contribution >= 0.6 is 0 Å². The number of methoxy groups -OCH3 is 2. The summed E-state index contributed by atoms with van der Waals surface area (Å²) in [5, 5.41) is 11.9. The van der Waals surface area contributed by atoms with Crippen molar-refractivity contribution in [2.24, 2.45) is 0 Å². The minimum absolute atomic E-state index is 0.00867. The lowest BCUT2D eigenvalue weighted by Gasteiger charge is -2.27. The number of hydrogen-bond donors (Lipinski definition) is 2. The molecule has 4 rings (SSSR count). The number of esters is 1. The first kappa shape index (κ1) is 33.8. The molecule has 3 aromatic rings. The number of carbonyl (C=O) groups excluding carboxylic acids is 3. The van der Waals surface area contributed by atoms with E-state index in [2.05, 4.69) is 5.32 Å². The van der Waals surface area contributed by atoms with E-state index in [1.807, 2.05) is 48.5 Å². The van der Waals surface area contributed by atoms with E-state index in [1.165, 1.54) is 19.1 Å². The Bertz CT molecular complexity index is 1530. The Kier molecular flexibility index (Phi) is 10.9. The minimum Gasteiger partial charge on any atom is -0.497 e. The predicted octanol–water partition coefficient (Wildman–Crippen LogP) is 5.15. The number of carboxylic acids is 1. The quantitative estimate of drug-likeness (QED) is 0.245. The third kappa shape index (κ3) is 8.56. The number of benzene rings is 3. The van der Waals surface area contributed by atoms with Crippen LogP contribution in [0.3, 0.4) is 0 Å². The average Bonchev–Trinajstić information content (AvgIpc) is 3.34. The van der Waals surface area contributed by atoms with Crippen LogP contribution in [0.5, 0.6) is 11.5 Å². The smallest absolute Gasteiger partial charge is 0.407 e. The maximum Gasteiger partial charge on any atom is 0.407 e. The molecule has 2 amide bonds. The van der Waals surface area contributed by atoms with Crippen LogP contribution in [0.2, 0.25) is 0 Å². The summed E-state index contributed by atoms with van der Waals surface area (Å²) in [5.74, 6) is -1.72. The highest BCUT2D eigenvalue weighted by molar-refractivity contribution is 5.88. The Morgan fingerprint density at radius 1 is 0.913 bits per heavy atom. The van der Waals surface area contributed by atoms with Crippen molar-refractivity contribution in [3.05, 3.63) is 83.4 Å². The molecule has 11 nitrogen and oxygen atoms in total. The van der Waals surface area contributed by atoms with Crippen molar-refractivity contribution in [3.8, 4) is 22.6 Å². The molecule has 46 heavy (non-hydrogen) atoms. The standard InChI is InChI=1S/C35H40N2O9/c1-35(2,3)46-33(41)29(19-31(38)37(17-16-32(39)40)20-22-14-15-23(43-4)18-30(22)44-5)36-34(42)45-21-28-26-12-8-6-10-24(26)25-11-7-9-13-27(25)28/h6-15,18,28-29H,16-17,19-21H2,1-5H3,(H,36,42)(H,39,40)/t29-/m1/s1. The van der Waals surface area contributed by atoms with Crippen molar-refractivity contribution in [1.29, 1.82) is 0 Å². The second-order valence-electron chi connectivity index (χ2n) is 11.9. The van der Waals surface area contributed by atoms with Crippen LogP contribution in [-0.4, -0.2) is 73.0 Å². The van der Waals surface area contributed by atoms with Crippen LogP contribution in [-0.2, 0) is 30.4 Å². The van der Waals surface area contributed by atoms with E-state index in [4.69, 9.17) is 18.9 Å². The van der Waals surface area contributed by atoms with Gasteiger partial charge in [-0.05, 0) is 55.2 Å². The molecule has 11 heteroatoms. The lowest BCUT2D eigenvalue weighted by atomic mass is 9.98. The Hall–Kier alpha value is -5.06. The van der Waals surface area contributed by atoms with Crippen molar-refractivity contribution in [2.75, 3.05) is 27.4 Å². The molecule has 0 fully saturated rings.